The van der Waals surface area contributed by atoms with Gasteiger partial charge in [0, 0.05) is 11.5 Å². The molecular weight excluding hydrogens is 126 g/mol. The monoisotopic (exact) mass is 141 g/mol. The summed E-state index contributed by atoms with van der Waals surface area (Å²) in [6.07, 6.45) is 3.20. The predicted molar refractivity (Wildman–Crippen MR) is 39.5 cm³/mol. The first-order chi connectivity index (χ1) is 4.54. The molecule has 2 N–H and O–H groups in total. The molecule has 0 amide bonds. The number of aliphatic hydroxyl groups is 1. The third-order valence-corrected chi connectivity index (χ3v) is 3.15. The number of fused-ring (bicyclic) bond motifs is 2. The Bertz CT molecular complexity index is 171. The Morgan fingerprint density at radius 2 is 2.20 bits per heavy atom. The molecule has 0 aromatic heterocycles. The highest BCUT2D eigenvalue weighted by Crippen LogP contribution is 2.46. The highest BCUT2D eigenvalue weighted by molar-refractivity contribution is 5.08. The van der Waals surface area contributed by atoms with Gasteiger partial charge in [-0.15, -0.1) is 0 Å². The molecule has 2 fully saturated rings. The second-order valence-electron chi connectivity index (χ2n) is 4.22. The molecule has 0 aliphatic carbocycles. The largest absolute Gasteiger partial charge is 0.376 e. The smallest absolute Gasteiger partial charge is 0.119 e. The van der Waals surface area contributed by atoms with E-state index in [1.807, 2.05) is 0 Å². The fourth-order valence-electron chi connectivity index (χ4n) is 2.48. The average Bonchev–Trinajstić information content (AvgIpc) is 2.17. The summed E-state index contributed by atoms with van der Waals surface area (Å²) in [5.41, 5.74) is -0.275. The van der Waals surface area contributed by atoms with Crippen LogP contribution in [0.4, 0.5) is 0 Å². The fourth-order valence-corrected chi connectivity index (χ4v) is 2.48. The third kappa shape index (κ3) is 0.663. The van der Waals surface area contributed by atoms with Crippen LogP contribution in [-0.2, 0) is 0 Å². The van der Waals surface area contributed by atoms with Crippen LogP contribution in [0.5, 0.6) is 0 Å². The van der Waals surface area contributed by atoms with Gasteiger partial charge in [0.15, 0.2) is 0 Å². The predicted octanol–water partition coefficient (Wildman–Crippen LogP) is 0.857. The molecule has 0 aromatic carbocycles. The summed E-state index contributed by atoms with van der Waals surface area (Å²) in [5.74, 6) is 0.436. The van der Waals surface area contributed by atoms with Gasteiger partial charge in [0.2, 0.25) is 0 Å². The van der Waals surface area contributed by atoms with E-state index < -0.39 is 5.72 Å². The van der Waals surface area contributed by atoms with E-state index in [0.29, 0.717) is 5.92 Å². The van der Waals surface area contributed by atoms with Crippen molar-refractivity contribution in [2.24, 2.45) is 5.92 Å². The molecule has 2 heteroatoms. The van der Waals surface area contributed by atoms with E-state index in [4.69, 9.17) is 0 Å². The zero-order chi connectivity index (χ0) is 7.41. The van der Waals surface area contributed by atoms with E-state index >= 15 is 0 Å². The van der Waals surface area contributed by atoms with Crippen LogP contribution in [0.15, 0.2) is 0 Å². The van der Waals surface area contributed by atoms with Crippen LogP contribution in [0.2, 0.25) is 0 Å². The van der Waals surface area contributed by atoms with E-state index in [-0.39, 0.29) is 5.54 Å². The van der Waals surface area contributed by atoms with Gasteiger partial charge in [0.1, 0.15) is 5.72 Å². The lowest BCUT2D eigenvalue weighted by Gasteiger charge is -2.25. The quantitative estimate of drug-likeness (QED) is 0.524. The van der Waals surface area contributed by atoms with Crippen molar-refractivity contribution in [1.29, 1.82) is 0 Å². The van der Waals surface area contributed by atoms with Crippen molar-refractivity contribution in [2.45, 2.75) is 44.4 Å². The van der Waals surface area contributed by atoms with Crippen LogP contribution in [0.3, 0.4) is 0 Å². The molecular formula is C8H15NO. The molecule has 2 rings (SSSR count). The number of hydrogen-bond donors (Lipinski definition) is 2. The van der Waals surface area contributed by atoms with E-state index in [1.165, 1.54) is 0 Å². The maximum Gasteiger partial charge on any atom is 0.119 e. The first-order valence-corrected chi connectivity index (χ1v) is 4.06. The maximum atomic E-state index is 9.86. The van der Waals surface area contributed by atoms with Gasteiger partial charge in [-0.2, -0.15) is 0 Å². The molecule has 3 atom stereocenters. The summed E-state index contributed by atoms with van der Waals surface area (Å²) in [4.78, 5) is 0. The van der Waals surface area contributed by atoms with Gasteiger partial charge < -0.3 is 5.11 Å². The van der Waals surface area contributed by atoms with Gasteiger partial charge in [-0.25, -0.2) is 0 Å². The fraction of sp³-hybridized carbons (Fsp3) is 1.00. The molecule has 0 saturated carbocycles. The molecule has 0 radical (unpaired) electrons. The van der Waals surface area contributed by atoms with Gasteiger partial charge in [-0.3, -0.25) is 5.32 Å². The van der Waals surface area contributed by atoms with Crippen molar-refractivity contribution in [3.05, 3.63) is 0 Å². The molecule has 2 saturated heterocycles. The van der Waals surface area contributed by atoms with E-state index in [9.17, 15) is 5.11 Å². The van der Waals surface area contributed by atoms with Gasteiger partial charge in [0.25, 0.3) is 0 Å². The Hall–Kier alpha value is -0.0800. The lowest BCUT2D eigenvalue weighted by atomic mass is 9.81. The minimum Gasteiger partial charge on any atom is -0.376 e. The highest BCUT2D eigenvalue weighted by Gasteiger charge is 2.54. The molecule has 58 valence electrons. The minimum absolute atomic E-state index is 0.244. The van der Waals surface area contributed by atoms with Crippen molar-refractivity contribution in [1.82, 2.24) is 5.32 Å². The Labute approximate surface area is 61.6 Å². The van der Waals surface area contributed by atoms with E-state index in [2.05, 4.69) is 19.2 Å². The molecule has 0 spiro atoms. The summed E-state index contributed by atoms with van der Waals surface area (Å²) in [6.45, 7) is 4.33. The summed E-state index contributed by atoms with van der Waals surface area (Å²) in [5, 5.41) is 13.2. The van der Waals surface area contributed by atoms with Crippen molar-refractivity contribution in [3.8, 4) is 0 Å². The third-order valence-electron chi connectivity index (χ3n) is 3.15. The van der Waals surface area contributed by atoms with Crippen LogP contribution in [-0.4, -0.2) is 16.4 Å². The van der Waals surface area contributed by atoms with Crippen LogP contribution in [0, 0.1) is 5.92 Å². The minimum atomic E-state index is -0.519. The Morgan fingerprint density at radius 1 is 1.50 bits per heavy atom. The maximum absolute atomic E-state index is 9.86. The molecule has 0 aromatic rings. The molecule has 2 aliphatic rings. The number of nitrogens with one attached hydrogen (secondary N) is 1. The van der Waals surface area contributed by atoms with Gasteiger partial charge in [-0.05, 0) is 26.2 Å². The summed E-state index contributed by atoms with van der Waals surface area (Å²) in [6, 6.07) is 0. The molecule has 10 heavy (non-hydrogen) atoms. The van der Waals surface area contributed by atoms with Crippen molar-refractivity contribution in [3.63, 3.8) is 0 Å². The van der Waals surface area contributed by atoms with Crippen LogP contribution in [0.1, 0.15) is 33.1 Å². The van der Waals surface area contributed by atoms with Crippen molar-refractivity contribution < 1.29 is 5.11 Å². The number of hydrogen-bond acceptors (Lipinski definition) is 2. The Kier molecular flexibility index (Phi) is 1.03. The molecule has 3 unspecified atom stereocenters. The van der Waals surface area contributed by atoms with E-state index in [1.54, 1.807) is 0 Å². The standard InChI is InChI=1S/C8H15NO/c1-6-5-7(2)3-4-8(6,10)9-7/h6,9-10H,3-5H2,1-2H3. The van der Waals surface area contributed by atoms with Gasteiger partial charge in [-0.1, -0.05) is 6.92 Å². The first-order valence-electron chi connectivity index (χ1n) is 4.06. The zero-order valence-electron chi connectivity index (χ0n) is 6.65. The highest BCUT2D eigenvalue weighted by atomic mass is 16.3. The molecule has 2 bridgehead atoms. The number of rotatable bonds is 0. The normalized spacial score (nSPS) is 59.7. The lowest BCUT2D eigenvalue weighted by Crippen LogP contribution is -2.42. The van der Waals surface area contributed by atoms with E-state index in [0.717, 1.165) is 19.3 Å². The molecule has 2 heterocycles. The van der Waals surface area contributed by atoms with Crippen molar-refractivity contribution in [2.75, 3.05) is 0 Å². The van der Waals surface area contributed by atoms with Gasteiger partial charge >= 0.3 is 0 Å². The Morgan fingerprint density at radius 3 is 2.40 bits per heavy atom. The topological polar surface area (TPSA) is 32.3 Å². The second kappa shape index (κ2) is 1.56. The summed E-state index contributed by atoms with van der Waals surface area (Å²) < 4.78 is 0. The van der Waals surface area contributed by atoms with Crippen LogP contribution in [0.25, 0.3) is 0 Å². The lowest BCUT2D eigenvalue weighted by molar-refractivity contribution is -0.00799. The zero-order valence-corrected chi connectivity index (χ0v) is 6.65. The summed E-state index contributed by atoms with van der Waals surface area (Å²) >= 11 is 0. The second-order valence-corrected chi connectivity index (χ2v) is 4.22. The molecule has 2 aliphatic heterocycles. The van der Waals surface area contributed by atoms with Crippen LogP contribution < -0.4 is 5.32 Å². The average molecular weight is 141 g/mol. The summed E-state index contributed by atoms with van der Waals surface area (Å²) in [7, 11) is 0. The SMILES string of the molecule is CC1CC2(C)CCC1(O)N2. The Balaban J connectivity index is 2.28. The van der Waals surface area contributed by atoms with Gasteiger partial charge in [0.05, 0.1) is 0 Å². The van der Waals surface area contributed by atoms with Crippen molar-refractivity contribution >= 4 is 0 Å². The first kappa shape index (κ1) is 6.62. The molecule has 2 nitrogen and oxygen atoms in total. The van der Waals surface area contributed by atoms with Crippen LogP contribution >= 0.6 is 0 Å².